The third kappa shape index (κ3) is 9.77. The van der Waals surface area contributed by atoms with E-state index in [1.807, 2.05) is 125 Å². The molecule has 0 aliphatic rings. The highest BCUT2D eigenvalue weighted by atomic mass is 31.2. The molecule has 48 heavy (non-hydrogen) atoms. The van der Waals surface area contributed by atoms with Crippen molar-refractivity contribution in [3.63, 3.8) is 0 Å². The standard InChI is InChI=1S/C38H40O8P2/c1-29-15-5-9-19-33(29)25-41-47(39,42-26-34-20-10-6-16-30(34)2)45-37-23-13-14-24-38(37)46-48(40,43-27-35-21-11-7-17-31(35)3)44-28-36-22-12-8-18-32(36)4/h5-24H,25-28H2,1-4H3. The highest BCUT2D eigenvalue weighted by Crippen LogP contribution is 2.57. The van der Waals surface area contributed by atoms with E-state index in [0.29, 0.717) is 0 Å². The van der Waals surface area contributed by atoms with E-state index in [4.69, 9.17) is 27.1 Å². The Morgan fingerprint density at radius 2 is 0.604 bits per heavy atom. The topological polar surface area (TPSA) is 89.5 Å². The maximum absolute atomic E-state index is 14.3. The molecule has 10 heteroatoms. The molecule has 0 N–H and O–H groups in total. The van der Waals surface area contributed by atoms with Gasteiger partial charge in [0.2, 0.25) is 0 Å². The Kier molecular flexibility index (Phi) is 12.1. The van der Waals surface area contributed by atoms with Crippen LogP contribution in [0.25, 0.3) is 0 Å². The first-order valence-corrected chi connectivity index (χ1v) is 18.5. The van der Waals surface area contributed by atoms with Crippen molar-refractivity contribution in [2.24, 2.45) is 0 Å². The van der Waals surface area contributed by atoms with E-state index in [0.717, 1.165) is 44.5 Å². The van der Waals surface area contributed by atoms with Crippen molar-refractivity contribution in [1.82, 2.24) is 0 Å². The van der Waals surface area contributed by atoms with Crippen LogP contribution in [-0.4, -0.2) is 0 Å². The quantitative estimate of drug-likeness (QED) is 0.0948. The Hall–Kier alpha value is -4.00. The number of benzene rings is 5. The molecular formula is C38H40O8P2. The van der Waals surface area contributed by atoms with Crippen LogP contribution in [-0.2, 0) is 53.7 Å². The third-order valence-electron chi connectivity index (χ3n) is 7.83. The fourth-order valence-electron chi connectivity index (χ4n) is 4.70. The van der Waals surface area contributed by atoms with E-state index in [9.17, 15) is 9.13 Å². The molecule has 0 bridgehead atoms. The van der Waals surface area contributed by atoms with Gasteiger partial charge in [-0.15, -0.1) is 0 Å². The minimum atomic E-state index is -4.30. The summed E-state index contributed by atoms with van der Waals surface area (Å²) in [6.45, 7) is 7.63. The van der Waals surface area contributed by atoms with E-state index in [2.05, 4.69) is 0 Å². The van der Waals surface area contributed by atoms with Gasteiger partial charge in [0.1, 0.15) is 0 Å². The SMILES string of the molecule is Cc1ccccc1COP(=O)(OCc1ccccc1C)Oc1ccccc1OP(=O)(OCc1ccccc1C)OCc1ccccc1C. The first kappa shape index (κ1) is 35.3. The van der Waals surface area contributed by atoms with Crippen LogP contribution in [0.15, 0.2) is 121 Å². The van der Waals surface area contributed by atoms with Gasteiger partial charge in [0.05, 0.1) is 26.4 Å². The van der Waals surface area contributed by atoms with Gasteiger partial charge in [-0.2, -0.15) is 0 Å². The van der Waals surface area contributed by atoms with Crippen LogP contribution in [0, 0.1) is 27.7 Å². The van der Waals surface area contributed by atoms with Crippen molar-refractivity contribution >= 4 is 15.6 Å². The molecule has 0 spiro atoms. The number of aryl methyl sites for hydroxylation is 4. The summed E-state index contributed by atoms with van der Waals surface area (Å²) >= 11 is 0. The van der Waals surface area contributed by atoms with Crippen LogP contribution in [0.2, 0.25) is 0 Å². The molecule has 0 unspecified atom stereocenters. The van der Waals surface area contributed by atoms with Gasteiger partial charge in [-0.3, -0.25) is 18.1 Å². The second-order valence-electron chi connectivity index (χ2n) is 11.3. The average molecular weight is 687 g/mol. The first-order valence-electron chi connectivity index (χ1n) is 15.6. The van der Waals surface area contributed by atoms with Crippen molar-refractivity contribution in [2.45, 2.75) is 54.1 Å². The molecule has 0 heterocycles. The van der Waals surface area contributed by atoms with Gasteiger partial charge in [-0.1, -0.05) is 109 Å². The lowest BCUT2D eigenvalue weighted by atomic mass is 10.1. The Morgan fingerprint density at radius 3 is 0.854 bits per heavy atom. The molecule has 0 aliphatic heterocycles. The van der Waals surface area contributed by atoms with Crippen LogP contribution in [0.3, 0.4) is 0 Å². The number of rotatable bonds is 16. The van der Waals surface area contributed by atoms with Crippen LogP contribution in [0.4, 0.5) is 0 Å². The van der Waals surface area contributed by atoms with Crippen LogP contribution in [0.5, 0.6) is 11.5 Å². The van der Waals surface area contributed by atoms with Crippen LogP contribution >= 0.6 is 15.6 Å². The van der Waals surface area contributed by atoms with E-state index < -0.39 is 15.6 Å². The molecule has 0 aliphatic carbocycles. The first-order chi connectivity index (χ1) is 23.1. The number of para-hydroxylation sites is 2. The number of hydrogen-bond donors (Lipinski definition) is 0. The maximum atomic E-state index is 14.3. The Labute approximate surface area is 282 Å². The van der Waals surface area contributed by atoms with Gasteiger partial charge < -0.3 is 9.05 Å². The molecule has 0 aromatic heterocycles. The summed E-state index contributed by atoms with van der Waals surface area (Å²) in [5.41, 5.74) is 7.14. The average Bonchev–Trinajstić information content (AvgIpc) is 3.08. The summed E-state index contributed by atoms with van der Waals surface area (Å²) in [7, 11) is -8.59. The van der Waals surface area contributed by atoms with Gasteiger partial charge in [-0.05, 0) is 84.3 Å². The zero-order valence-electron chi connectivity index (χ0n) is 27.5. The largest absolute Gasteiger partial charge is 0.530 e. The number of hydrogen-bond acceptors (Lipinski definition) is 8. The van der Waals surface area contributed by atoms with Crippen molar-refractivity contribution < 1.29 is 36.3 Å². The lowest BCUT2D eigenvalue weighted by Gasteiger charge is -2.23. The summed E-state index contributed by atoms with van der Waals surface area (Å²) < 4.78 is 64.3. The molecular weight excluding hydrogens is 646 g/mol. The van der Waals surface area contributed by atoms with Gasteiger partial charge in [0.25, 0.3) is 0 Å². The van der Waals surface area contributed by atoms with E-state index in [1.165, 1.54) is 12.1 Å². The van der Waals surface area contributed by atoms with Crippen LogP contribution < -0.4 is 9.05 Å². The fraction of sp³-hybridized carbons (Fsp3) is 0.211. The lowest BCUT2D eigenvalue weighted by Crippen LogP contribution is -2.07. The van der Waals surface area contributed by atoms with Crippen molar-refractivity contribution in [3.8, 4) is 11.5 Å². The molecule has 8 nitrogen and oxygen atoms in total. The van der Waals surface area contributed by atoms with Crippen molar-refractivity contribution in [2.75, 3.05) is 0 Å². The monoisotopic (exact) mass is 686 g/mol. The molecule has 0 saturated heterocycles. The minimum absolute atomic E-state index is 0.0189. The van der Waals surface area contributed by atoms with Crippen LogP contribution in [0.1, 0.15) is 44.5 Å². The molecule has 0 radical (unpaired) electrons. The van der Waals surface area contributed by atoms with Gasteiger partial charge in [0, 0.05) is 0 Å². The molecule has 5 aromatic carbocycles. The second-order valence-corrected chi connectivity index (χ2v) is 14.5. The lowest BCUT2D eigenvalue weighted by molar-refractivity contribution is 0.134. The highest BCUT2D eigenvalue weighted by Gasteiger charge is 2.34. The van der Waals surface area contributed by atoms with Gasteiger partial charge in [-0.25, -0.2) is 9.13 Å². The number of phosphoric ester groups is 2. The third-order valence-corrected chi connectivity index (χ3v) is 10.4. The molecule has 5 aromatic rings. The normalized spacial score (nSPS) is 11.8. The maximum Gasteiger partial charge on any atom is 0.530 e. The predicted octanol–water partition coefficient (Wildman–Crippen LogP) is 10.8. The van der Waals surface area contributed by atoms with Gasteiger partial charge in [0.15, 0.2) is 11.5 Å². The fourth-order valence-corrected chi connectivity index (χ4v) is 7.04. The summed E-state index contributed by atoms with van der Waals surface area (Å²) in [4.78, 5) is 0. The Morgan fingerprint density at radius 1 is 0.375 bits per heavy atom. The molecule has 0 amide bonds. The molecule has 0 saturated carbocycles. The predicted molar refractivity (Wildman–Crippen MR) is 187 cm³/mol. The second kappa shape index (κ2) is 16.4. The summed E-state index contributed by atoms with van der Waals surface area (Å²) in [6, 6.07) is 36.8. The highest BCUT2D eigenvalue weighted by molar-refractivity contribution is 7.49. The summed E-state index contributed by atoms with van der Waals surface area (Å²) in [5, 5.41) is 0. The Bertz CT molecular complexity index is 1680. The molecule has 0 atom stereocenters. The van der Waals surface area contributed by atoms with Crippen molar-refractivity contribution in [3.05, 3.63) is 166 Å². The van der Waals surface area contributed by atoms with E-state index in [-0.39, 0.29) is 37.9 Å². The van der Waals surface area contributed by atoms with Crippen molar-refractivity contribution in [1.29, 1.82) is 0 Å². The zero-order valence-corrected chi connectivity index (χ0v) is 29.3. The zero-order chi connectivity index (χ0) is 34.0. The molecule has 250 valence electrons. The Balaban J connectivity index is 1.42. The minimum Gasteiger partial charge on any atom is -0.400 e. The van der Waals surface area contributed by atoms with Gasteiger partial charge >= 0.3 is 15.6 Å². The molecule has 5 rings (SSSR count). The summed E-state index contributed by atoms with van der Waals surface area (Å²) in [6.07, 6.45) is 0. The smallest absolute Gasteiger partial charge is 0.400 e. The molecule has 0 fully saturated rings. The number of phosphoric acid groups is 2. The summed E-state index contributed by atoms with van der Waals surface area (Å²) in [5.74, 6) is -0.0378. The van der Waals surface area contributed by atoms with E-state index in [1.54, 1.807) is 12.1 Å². The van der Waals surface area contributed by atoms with E-state index >= 15 is 0 Å².